The van der Waals surface area contributed by atoms with Crippen molar-refractivity contribution in [3.05, 3.63) is 59.4 Å². The average Bonchev–Trinajstić information content (AvgIpc) is 2.74. The fourth-order valence-electron chi connectivity index (χ4n) is 3.09. The first-order valence-electron chi connectivity index (χ1n) is 9.35. The quantitative estimate of drug-likeness (QED) is 0.728. The summed E-state index contributed by atoms with van der Waals surface area (Å²) >= 11 is 5.81. The van der Waals surface area contributed by atoms with Crippen LogP contribution in [-0.2, 0) is 19.6 Å². The molecule has 1 aliphatic rings. The minimum atomic E-state index is -3.66. The summed E-state index contributed by atoms with van der Waals surface area (Å²) in [5, 5.41) is 2.88. The Labute approximate surface area is 179 Å². The first-order valence-corrected chi connectivity index (χ1v) is 11.2. The molecule has 10 heteroatoms. The van der Waals surface area contributed by atoms with Crippen molar-refractivity contribution in [2.24, 2.45) is 0 Å². The predicted molar refractivity (Wildman–Crippen MR) is 111 cm³/mol. The van der Waals surface area contributed by atoms with Crippen LogP contribution in [0.4, 0.5) is 10.1 Å². The minimum absolute atomic E-state index is 0.0375. The lowest BCUT2D eigenvalue weighted by atomic mass is 10.2. The van der Waals surface area contributed by atoms with E-state index in [-0.39, 0.29) is 55.5 Å². The lowest BCUT2D eigenvalue weighted by Crippen LogP contribution is -2.50. The Hall–Kier alpha value is -2.49. The van der Waals surface area contributed by atoms with Crippen LogP contribution in [0.5, 0.6) is 0 Å². The number of carbonyl (C=O) groups is 2. The molecule has 1 saturated heterocycles. The van der Waals surface area contributed by atoms with Crippen molar-refractivity contribution in [2.45, 2.75) is 17.7 Å². The Morgan fingerprint density at radius 2 is 1.60 bits per heavy atom. The Morgan fingerprint density at radius 3 is 2.23 bits per heavy atom. The average molecular weight is 454 g/mol. The van der Waals surface area contributed by atoms with Crippen LogP contribution >= 0.6 is 11.6 Å². The van der Waals surface area contributed by atoms with Gasteiger partial charge in [-0.15, -0.1) is 0 Å². The molecule has 2 amide bonds. The molecule has 1 aliphatic heterocycles. The summed E-state index contributed by atoms with van der Waals surface area (Å²) < 4.78 is 40.3. The molecule has 1 fully saturated rings. The summed E-state index contributed by atoms with van der Waals surface area (Å²) in [6.45, 7) is 0.803. The van der Waals surface area contributed by atoms with Crippen LogP contribution < -0.4 is 5.32 Å². The number of hydrogen-bond donors (Lipinski definition) is 1. The maximum absolute atomic E-state index is 13.6. The number of hydrogen-bond acceptors (Lipinski definition) is 4. The number of para-hydroxylation sites is 1. The molecule has 2 aromatic rings. The van der Waals surface area contributed by atoms with E-state index in [9.17, 15) is 22.4 Å². The molecule has 0 atom stereocenters. The van der Waals surface area contributed by atoms with Gasteiger partial charge in [-0.25, -0.2) is 12.8 Å². The second kappa shape index (κ2) is 9.55. The number of nitrogens with zero attached hydrogens (tertiary/aromatic N) is 2. The van der Waals surface area contributed by atoms with Gasteiger partial charge < -0.3 is 10.2 Å². The zero-order chi connectivity index (χ0) is 21.7. The second-order valence-electron chi connectivity index (χ2n) is 6.77. The molecule has 1 N–H and O–H groups in total. The van der Waals surface area contributed by atoms with Gasteiger partial charge in [-0.05, 0) is 36.4 Å². The van der Waals surface area contributed by atoms with E-state index in [1.54, 1.807) is 6.07 Å². The Morgan fingerprint density at radius 1 is 0.967 bits per heavy atom. The summed E-state index contributed by atoms with van der Waals surface area (Å²) in [4.78, 5) is 26.0. The van der Waals surface area contributed by atoms with E-state index < -0.39 is 21.7 Å². The molecular formula is C20H21ClFN3O4S. The van der Waals surface area contributed by atoms with Gasteiger partial charge in [0, 0.05) is 44.0 Å². The van der Waals surface area contributed by atoms with Gasteiger partial charge in [-0.3, -0.25) is 9.59 Å². The minimum Gasteiger partial charge on any atom is -0.340 e. The molecule has 0 radical (unpaired) electrons. The molecule has 3 rings (SSSR count). The Kier molecular flexibility index (Phi) is 7.06. The number of benzene rings is 2. The summed E-state index contributed by atoms with van der Waals surface area (Å²) in [5.41, 5.74) is 0.0657. The summed E-state index contributed by atoms with van der Waals surface area (Å²) in [6.07, 6.45) is -0.124. The SMILES string of the molecule is O=C(CCC(=O)N1CCN(S(=O)(=O)c2ccc(Cl)cc2)CC1)Nc1ccccc1F. The van der Waals surface area contributed by atoms with Crippen molar-refractivity contribution in [3.8, 4) is 0 Å². The van der Waals surface area contributed by atoms with Crippen molar-refractivity contribution < 1.29 is 22.4 Å². The van der Waals surface area contributed by atoms with Crippen LogP contribution in [0.15, 0.2) is 53.4 Å². The van der Waals surface area contributed by atoms with E-state index in [1.165, 1.54) is 51.7 Å². The molecule has 1 heterocycles. The molecular weight excluding hydrogens is 433 g/mol. The van der Waals surface area contributed by atoms with Gasteiger partial charge in [-0.2, -0.15) is 4.31 Å². The monoisotopic (exact) mass is 453 g/mol. The highest BCUT2D eigenvalue weighted by Gasteiger charge is 2.30. The van der Waals surface area contributed by atoms with Gasteiger partial charge in [0.2, 0.25) is 21.8 Å². The van der Waals surface area contributed by atoms with E-state index in [1.807, 2.05) is 0 Å². The summed E-state index contributed by atoms with van der Waals surface area (Å²) in [7, 11) is -3.66. The highest BCUT2D eigenvalue weighted by molar-refractivity contribution is 7.89. The van der Waals surface area contributed by atoms with Crippen LogP contribution in [0.1, 0.15) is 12.8 Å². The molecule has 0 spiro atoms. The van der Waals surface area contributed by atoms with E-state index in [4.69, 9.17) is 11.6 Å². The van der Waals surface area contributed by atoms with Crippen LogP contribution in [-0.4, -0.2) is 55.6 Å². The number of sulfonamides is 1. The van der Waals surface area contributed by atoms with Gasteiger partial charge in [-0.1, -0.05) is 23.7 Å². The molecule has 0 aliphatic carbocycles. The number of halogens is 2. The number of anilines is 1. The van der Waals surface area contributed by atoms with E-state index in [2.05, 4.69) is 5.32 Å². The molecule has 0 aromatic heterocycles. The number of nitrogens with one attached hydrogen (secondary N) is 1. The Bertz CT molecular complexity index is 1020. The topological polar surface area (TPSA) is 86.8 Å². The molecule has 7 nitrogen and oxygen atoms in total. The van der Waals surface area contributed by atoms with Crippen LogP contribution in [0, 0.1) is 5.82 Å². The van der Waals surface area contributed by atoms with Crippen LogP contribution in [0.2, 0.25) is 5.02 Å². The lowest BCUT2D eigenvalue weighted by Gasteiger charge is -2.34. The number of carbonyl (C=O) groups excluding carboxylic acids is 2. The fourth-order valence-corrected chi connectivity index (χ4v) is 4.64. The third-order valence-electron chi connectivity index (χ3n) is 4.76. The van der Waals surface area contributed by atoms with Crippen LogP contribution in [0.3, 0.4) is 0 Å². The standard InChI is InChI=1S/C20H21ClFN3O4S/c21-15-5-7-16(8-6-15)30(28,29)25-13-11-24(12-14-25)20(27)10-9-19(26)23-18-4-2-1-3-17(18)22/h1-8H,9-14H2,(H,23,26). The van der Waals surface area contributed by atoms with Crippen molar-refractivity contribution in [1.29, 1.82) is 0 Å². The first kappa shape index (κ1) is 22.2. The van der Waals surface area contributed by atoms with Gasteiger partial charge in [0.05, 0.1) is 10.6 Å². The van der Waals surface area contributed by atoms with Gasteiger partial charge in [0.25, 0.3) is 0 Å². The van der Waals surface area contributed by atoms with Gasteiger partial charge in [0.1, 0.15) is 5.82 Å². The molecule has 160 valence electrons. The molecule has 30 heavy (non-hydrogen) atoms. The number of piperazine rings is 1. The predicted octanol–water partition coefficient (Wildman–Crippen LogP) is 2.73. The first-order chi connectivity index (χ1) is 14.3. The van der Waals surface area contributed by atoms with Crippen molar-refractivity contribution >= 4 is 39.1 Å². The molecule has 0 saturated carbocycles. The molecule has 0 unspecified atom stereocenters. The van der Waals surface area contributed by atoms with Crippen LogP contribution in [0.25, 0.3) is 0 Å². The summed E-state index contributed by atoms with van der Waals surface area (Å²) in [5.74, 6) is -1.25. The molecule has 2 aromatic carbocycles. The lowest BCUT2D eigenvalue weighted by molar-refractivity contribution is -0.133. The zero-order valence-corrected chi connectivity index (χ0v) is 17.6. The normalized spacial score (nSPS) is 15.1. The van der Waals surface area contributed by atoms with Crippen molar-refractivity contribution in [1.82, 2.24) is 9.21 Å². The molecule has 0 bridgehead atoms. The maximum Gasteiger partial charge on any atom is 0.243 e. The largest absolute Gasteiger partial charge is 0.340 e. The number of amides is 2. The number of rotatable bonds is 6. The van der Waals surface area contributed by atoms with E-state index in [0.29, 0.717) is 5.02 Å². The van der Waals surface area contributed by atoms with Gasteiger partial charge >= 0.3 is 0 Å². The fraction of sp³-hybridized carbons (Fsp3) is 0.300. The van der Waals surface area contributed by atoms with E-state index in [0.717, 1.165) is 0 Å². The van der Waals surface area contributed by atoms with E-state index >= 15 is 0 Å². The van der Waals surface area contributed by atoms with Crippen molar-refractivity contribution in [2.75, 3.05) is 31.5 Å². The highest BCUT2D eigenvalue weighted by Crippen LogP contribution is 2.20. The maximum atomic E-state index is 13.6. The third kappa shape index (κ3) is 5.35. The Balaban J connectivity index is 1.48. The highest BCUT2D eigenvalue weighted by atomic mass is 35.5. The smallest absolute Gasteiger partial charge is 0.243 e. The van der Waals surface area contributed by atoms with Crippen molar-refractivity contribution in [3.63, 3.8) is 0 Å². The summed E-state index contributed by atoms with van der Waals surface area (Å²) in [6, 6.07) is 11.7. The third-order valence-corrected chi connectivity index (χ3v) is 6.92. The zero-order valence-electron chi connectivity index (χ0n) is 16.1. The van der Waals surface area contributed by atoms with Gasteiger partial charge in [0.15, 0.2) is 0 Å². The second-order valence-corrected chi connectivity index (χ2v) is 9.14.